The average Bonchev–Trinajstić information content (AvgIpc) is 3.12. The Morgan fingerprint density at radius 2 is 1.90 bits per heavy atom. The van der Waals surface area contributed by atoms with Crippen LogP contribution in [0, 0.1) is 34.5 Å². The minimum Gasteiger partial charge on any atom is -0.370 e. The lowest BCUT2D eigenvalue weighted by Crippen LogP contribution is -2.53. The predicted octanol–water partition coefficient (Wildman–Crippen LogP) is 3.98. The van der Waals surface area contributed by atoms with Crippen molar-refractivity contribution in [2.24, 2.45) is 34.5 Å². The van der Waals surface area contributed by atoms with Gasteiger partial charge in [0.15, 0.2) is 0 Å². The van der Waals surface area contributed by atoms with Gasteiger partial charge in [-0.1, -0.05) is 13.8 Å². The van der Waals surface area contributed by atoms with Gasteiger partial charge in [0.05, 0.1) is 12.2 Å². The Morgan fingerprint density at radius 3 is 2.76 bits per heavy atom. The van der Waals surface area contributed by atoms with Crippen molar-refractivity contribution >= 4 is 5.78 Å². The second kappa shape index (κ2) is 3.93. The Morgan fingerprint density at radius 1 is 1.05 bits per heavy atom. The standard InChI is InChI=1S/C19H28O2/c1-18-8-7-14-12(13(18)5-6-17(18)20)4-3-11-9-15-16(21-15)10-19(11,14)2/h11-16H,3-10H2,1-2H3/t11?,12-,13-,14-,15+,16-,18-,19-/m0/s1. The zero-order valence-electron chi connectivity index (χ0n) is 13.4. The largest absolute Gasteiger partial charge is 0.370 e. The van der Waals surface area contributed by atoms with E-state index in [-0.39, 0.29) is 5.41 Å². The van der Waals surface area contributed by atoms with Crippen molar-refractivity contribution < 1.29 is 9.53 Å². The second-order valence-corrected chi connectivity index (χ2v) is 9.23. The predicted molar refractivity (Wildman–Crippen MR) is 80.8 cm³/mol. The van der Waals surface area contributed by atoms with Gasteiger partial charge in [-0.3, -0.25) is 4.79 Å². The fraction of sp³-hybridized carbons (Fsp3) is 0.947. The molecule has 1 heterocycles. The number of hydrogen-bond acceptors (Lipinski definition) is 2. The Balaban J connectivity index is 1.49. The summed E-state index contributed by atoms with van der Waals surface area (Å²) in [5.74, 6) is 3.85. The maximum Gasteiger partial charge on any atom is 0.139 e. The van der Waals surface area contributed by atoms with Crippen molar-refractivity contribution in [2.75, 3.05) is 0 Å². The highest BCUT2D eigenvalue weighted by molar-refractivity contribution is 5.87. The van der Waals surface area contributed by atoms with Gasteiger partial charge in [-0.25, -0.2) is 0 Å². The fourth-order valence-corrected chi connectivity index (χ4v) is 7.29. The molecule has 5 rings (SSSR count). The van der Waals surface area contributed by atoms with Crippen LogP contribution < -0.4 is 0 Å². The van der Waals surface area contributed by atoms with E-state index in [1.807, 2.05) is 0 Å². The van der Waals surface area contributed by atoms with Gasteiger partial charge in [0.25, 0.3) is 0 Å². The molecule has 0 radical (unpaired) electrons. The third kappa shape index (κ3) is 1.56. The molecule has 1 aliphatic heterocycles. The number of rotatable bonds is 0. The summed E-state index contributed by atoms with van der Waals surface area (Å²) in [6.07, 6.45) is 11.1. The van der Waals surface area contributed by atoms with Crippen molar-refractivity contribution in [3.63, 3.8) is 0 Å². The zero-order chi connectivity index (χ0) is 14.4. The van der Waals surface area contributed by atoms with E-state index >= 15 is 0 Å². The van der Waals surface area contributed by atoms with Crippen LogP contribution in [-0.4, -0.2) is 18.0 Å². The first-order valence-corrected chi connectivity index (χ1v) is 9.21. The Kier molecular flexibility index (Phi) is 2.45. The summed E-state index contributed by atoms with van der Waals surface area (Å²) in [7, 11) is 0. The van der Waals surface area contributed by atoms with Crippen LogP contribution in [0.4, 0.5) is 0 Å². The number of ketones is 1. The molecule has 5 fully saturated rings. The van der Waals surface area contributed by atoms with Gasteiger partial charge in [0.1, 0.15) is 5.78 Å². The van der Waals surface area contributed by atoms with Crippen LogP contribution in [0.15, 0.2) is 0 Å². The molecular weight excluding hydrogens is 260 g/mol. The summed E-state index contributed by atoms with van der Waals surface area (Å²) in [5, 5.41) is 0. The highest BCUT2D eigenvalue weighted by atomic mass is 16.6. The van der Waals surface area contributed by atoms with E-state index in [0.717, 1.165) is 30.6 Å². The number of carbonyl (C=O) groups excluding carboxylic acids is 1. The fourth-order valence-electron chi connectivity index (χ4n) is 7.29. The van der Waals surface area contributed by atoms with Crippen molar-refractivity contribution in [2.45, 2.75) is 77.4 Å². The van der Waals surface area contributed by atoms with Gasteiger partial charge in [0.2, 0.25) is 0 Å². The molecule has 0 aromatic carbocycles. The van der Waals surface area contributed by atoms with Crippen LogP contribution >= 0.6 is 0 Å². The maximum absolute atomic E-state index is 12.4. The van der Waals surface area contributed by atoms with Crippen LogP contribution in [0.2, 0.25) is 0 Å². The number of hydrogen-bond donors (Lipinski definition) is 0. The summed E-state index contributed by atoms with van der Waals surface area (Å²) in [6.45, 7) is 4.87. The molecule has 4 aliphatic carbocycles. The third-order valence-corrected chi connectivity index (χ3v) is 8.62. The highest BCUT2D eigenvalue weighted by Crippen LogP contribution is 2.67. The van der Waals surface area contributed by atoms with Crippen molar-refractivity contribution in [3.05, 3.63) is 0 Å². The minimum atomic E-state index is 0.0393. The van der Waals surface area contributed by atoms with Gasteiger partial charge < -0.3 is 4.74 Å². The monoisotopic (exact) mass is 288 g/mol. The van der Waals surface area contributed by atoms with E-state index in [2.05, 4.69) is 13.8 Å². The van der Waals surface area contributed by atoms with Crippen LogP contribution in [0.25, 0.3) is 0 Å². The van der Waals surface area contributed by atoms with Crippen LogP contribution in [0.1, 0.15) is 65.2 Å². The minimum absolute atomic E-state index is 0.0393. The molecule has 1 saturated heterocycles. The van der Waals surface area contributed by atoms with Gasteiger partial charge in [0, 0.05) is 11.8 Å². The van der Waals surface area contributed by atoms with E-state index in [9.17, 15) is 4.79 Å². The summed E-state index contributed by atoms with van der Waals surface area (Å²) in [6, 6.07) is 0. The topological polar surface area (TPSA) is 29.6 Å². The average molecular weight is 288 g/mol. The number of Topliss-reactive ketones (excluding diaryl/α,β-unsaturated/α-hetero) is 1. The molecule has 1 unspecified atom stereocenters. The van der Waals surface area contributed by atoms with Crippen molar-refractivity contribution in [1.82, 2.24) is 0 Å². The van der Waals surface area contributed by atoms with Gasteiger partial charge in [-0.15, -0.1) is 0 Å². The van der Waals surface area contributed by atoms with Crippen LogP contribution in [0.5, 0.6) is 0 Å². The Hall–Kier alpha value is -0.370. The normalized spacial score (nSPS) is 61.5. The molecule has 2 nitrogen and oxygen atoms in total. The molecule has 0 amide bonds. The van der Waals surface area contributed by atoms with Crippen molar-refractivity contribution in [3.8, 4) is 0 Å². The van der Waals surface area contributed by atoms with Crippen molar-refractivity contribution in [1.29, 1.82) is 0 Å². The first-order valence-electron chi connectivity index (χ1n) is 9.21. The SMILES string of the molecule is C[C@]12C[C@@H]3O[C@@H]3CC1CC[C@@H]1[C@@H]2CC[C@]2(C)C(=O)CC[C@@H]12. The van der Waals surface area contributed by atoms with E-state index in [4.69, 9.17) is 4.74 Å². The number of fused-ring (bicyclic) bond motifs is 6. The van der Waals surface area contributed by atoms with Gasteiger partial charge in [-0.2, -0.15) is 0 Å². The quantitative estimate of drug-likeness (QED) is 0.631. The van der Waals surface area contributed by atoms with Crippen LogP contribution in [-0.2, 0) is 9.53 Å². The Bertz CT molecular complexity index is 500. The molecule has 0 aromatic rings. The molecule has 21 heavy (non-hydrogen) atoms. The lowest BCUT2D eigenvalue weighted by molar-refractivity contribution is -0.137. The molecule has 0 bridgehead atoms. The smallest absolute Gasteiger partial charge is 0.139 e. The Labute approximate surface area is 128 Å². The molecular formula is C19H28O2. The zero-order valence-corrected chi connectivity index (χ0v) is 13.4. The summed E-state index contributed by atoms with van der Waals surface area (Å²) in [5.41, 5.74) is 0.547. The number of ether oxygens (including phenoxy) is 1. The van der Waals surface area contributed by atoms with Gasteiger partial charge >= 0.3 is 0 Å². The summed E-state index contributed by atoms with van der Waals surface area (Å²) >= 11 is 0. The number of carbonyl (C=O) groups is 1. The van der Waals surface area contributed by atoms with E-state index in [1.54, 1.807) is 0 Å². The second-order valence-electron chi connectivity index (χ2n) is 9.23. The third-order valence-electron chi connectivity index (χ3n) is 8.62. The molecule has 8 atom stereocenters. The first kappa shape index (κ1) is 13.1. The molecule has 2 heteroatoms. The molecule has 0 aromatic heterocycles. The van der Waals surface area contributed by atoms with Crippen LogP contribution in [0.3, 0.4) is 0 Å². The lowest BCUT2D eigenvalue weighted by atomic mass is 9.45. The summed E-state index contributed by atoms with van der Waals surface area (Å²) < 4.78 is 5.88. The van der Waals surface area contributed by atoms with E-state index in [0.29, 0.717) is 29.3 Å². The van der Waals surface area contributed by atoms with E-state index in [1.165, 1.54) is 38.5 Å². The lowest BCUT2D eigenvalue weighted by Gasteiger charge is -2.59. The number of epoxide rings is 1. The summed E-state index contributed by atoms with van der Waals surface area (Å²) in [4.78, 5) is 12.4. The molecule has 4 saturated carbocycles. The molecule has 0 N–H and O–H groups in total. The highest BCUT2D eigenvalue weighted by Gasteiger charge is 2.63. The van der Waals surface area contributed by atoms with Gasteiger partial charge in [-0.05, 0) is 74.0 Å². The molecule has 116 valence electrons. The first-order chi connectivity index (χ1) is 10.0. The maximum atomic E-state index is 12.4. The molecule has 0 spiro atoms. The van der Waals surface area contributed by atoms with E-state index < -0.39 is 0 Å². The molecule has 5 aliphatic rings.